The molecule has 1 aromatic rings. The van der Waals surface area contributed by atoms with Gasteiger partial charge in [-0.05, 0) is 37.0 Å². The lowest BCUT2D eigenvalue weighted by Gasteiger charge is -2.10. The molecule has 0 saturated heterocycles. The van der Waals surface area contributed by atoms with Crippen molar-refractivity contribution in [1.29, 1.82) is 0 Å². The van der Waals surface area contributed by atoms with Gasteiger partial charge in [0.1, 0.15) is 0 Å². The maximum atomic E-state index is 9.37. The average molecular weight is 207 g/mol. The van der Waals surface area contributed by atoms with Crippen molar-refractivity contribution in [1.82, 2.24) is 5.32 Å². The molecular formula is C13H21NO. The first-order chi connectivity index (χ1) is 7.13. The van der Waals surface area contributed by atoms with Crippen LogP contribution < -0.4 is 5.32 Å². The Kier molecular flexibility index (Phi) is 4.79. The van der Waals surface area contributed by atoms with Crippen molar-refractivity contribution in [3.05, 3.63) is 34.9 Å². The fourth-order valence-electron chi connectivity index (χ4n) is 1.44. The van der Waals surface area contributed by atoms with Gasteiger partial charge in [-0.15, -0.1) is 0 Å². The summed E-state index contributed by atoms with van der Waals surface area (Å²) < 4.78 is 0. The Morgan fingerprint density at radius 2 is 2.00 bits per heavy atom. The third kappa shape index (κ3) is 4.02. The molecule has 0 aliphatic heterocycles. The van der Waals surface area contributed by atoms with Crippen molar-refractivity contribution in [2.45, 2.75) is 39.8 Å². The molecule has 0 aromatic heterocycles. The van der Waals surface area contributed by atoms with E-state index in [4.69, 9.17) is 0 Å². The van der Waals surface area contributed by atoms with Gasteiger partial charge in [0.25, 0.3) is 0 Å². The van der Waals surface area contributed by atoms with Crippen LogP contribution in [0.15, 0.2) is 18.2 Å². The summed E-state index contributed by atoms with van der Waals surface area (Å²) >= 11 is 0. The summed E-state index contributed by atoms with van der Waals surface area (Å²) in [5, 5.41) is 12.6. The van der Waals surface area contributed by atoms with Crippen LogP contribution in [0, 0.1) is 13.8 Å². The van der Waals surface area contributed by atoms with E-state index < -0.39 is 0 Å². The normalized spacial score (nSPS) is 12.8. The molecule has 2 nitrogen and oxygen atoms in total. The second kappa shape index (κ2) is 5.89. The van der Waals surface area contributed by atoms with Crippen LogP contribution in [0.2, 0.25) is 0 Å². The number of nitrogens with one attached hydrogen (secondary N) is 1. The summed E-state index contributed by atoms with van der Waals surface area (Å²) in [6.07, 6.45) is 0.580. The minimum atomic E-state index is -0.225. The molecule has 0 aliphatic carbocycles. The van der Waals surface area contributed by atoms with Crippen LogP contribution in [0.25, 0.3) is 0 Å². The summed E-state index contributed by atoms with van der Waals surface area (Å²) in [4.78, 5) is 0. The van der Waals surface area contributed by atoms with Crippen LogP contribution in [0.1, 0.15) is 30.0 Å². The van der Waals surface area contributed by atoms with Gasteiger partial charge in [0.2, 0.25) is 0 Å². The molecule has 84 valence electrons. The lowest BCUT2D eigenvalue weighted by Crippen LogP contribution is -2.25. The molecule has 0 aliphatic rings. The van der Waals surface area contributed by atoms with Crippen molar-refractivity contribution in [2.75, 3.05) is 6.54 Å². The molecular weight excluding hydrogens is 186 g/mol. The van der Waals surface area contributed by atoms with Crippen molar-refractivity contribution in [3.8, 4) is 0 Å². The fraction of sp³-hybridized carbons (Fsp3) is 0.538. The number of hydrogen-bond acceptors (Lipinski definition) is 2. The zero-order valence-electron chi connectivity index (χ0n) is 9.88. The van der Waals surface area contributed by atoms with E-state index >= 15 is 0 Å². The molecule has 15 heavy (non-hydrogen) atoms. The largest absolute Gasteiger partial charge is 0.392 e. The molecule has 0 spiro atoms. The zero-order chi connectivity index (χ0) is 11.3. The molecule has 0 amide bonds. The number of aliphatic hydroxyl groups excluding tert-OH is 1. The smallest absolute Gasteiger partial charge is 0.0662 e. The topological polar surface area (TPSA) is 32.3 Å². The van der Waals surface area contributed by atoms with Gasteiger partial charge in [-0.1, -0.05) is 25.1 Å². The quantitative estimate of drug-likeness (QED) is 0.775. The number of aryl methyl sites for hydroxylation is 2. The van der Waals surface area contributed by atoms with Gasteiger partial charge in [-0.3, -0.25) is 0 Å². The van der Waals surface area contributed by atoms with Crippen molar-refractivity contribution < 1.29 is 5.11 Å². The molecule has 2 heteroatoms. The number of benzene rings is 1. The third-order valence-corrected chi connectivity index (χ3v) is 2.75. The minimum Gasteiger partial charge on any atom is -0.392 e. The van der Waals surface area contributed by atoms with Gasteiger partial charge >= 0.3 is 0 Å². The van der Waals surface area contributed by atoms with E-state index in [0.717, 1.165) is 13.0 Å². The summed E-state index contributed by atoms with van der Waals surface area (Å²) in [5.41, 5.74) is 3.93. The molecule has 2 N–H and O–H groups in total. The van der Waals surface area contributed by atoms with Gasteiger partial charge in [0, 0.05) is 13.1 Å². The summed E-state index contributed by atoms with van der Waals surface area (Å²) in [7, 11) is 0. The van der Waals surface area contributed by atoms with Gasteiger partial charge < -0.3 is 10.4 Å². The van der Waals surface area contributed by atoms with E-state index in [2.05, 4.69) is 37.4 Å². The van der Waals surface area contributed by atoms with E-state index in [1.54, 1.807) is 0 Å². The highest BCUT2D eigenvalue weighted by Gasteiger charge is 2.00. The summed E-state index contributed by atoms with van der Waals surface area (Å²) in [6, 6.07) is 6.47. The Bertz CT molecular complexity index is 309. The summed E-state index contributed by atoms with van der Waals surface area (Å²) in [5.74, 6) is 0. The first-order valence-electron chi connectivity index (χ1n) is 5.58. The van der Waals surface area contributed by atoms with E-state index in [1.165, 1.54) is 16.7 Å². The lowest BCUT2D eigenvalue weighted by atomic mass is 10.1. The van der Waals surface area contributed by atoms with Gasteiger partial charge in [0.15, 0.2) is 0 Å². The maximum Gasteiger partial charge on any atom is 0.0662 e. The SMILES string of the molecule is CCC(O)CNCc1ccc(C)c(C)c1. The van der Waals surface area contributed by atoms with Gasteiger partial charge in [-0.25, -0.2) is 0 Å². The summed E-state index contributed by atoms with van der Waals surface area (Å²) in [6.45, 7) is 7.73. The van der Waals surface area contributed by atoms with Crippen LogP contribution in [0.5, 0.6) is 0 Å². The Morgan fingerprint density at radius 1 is 1.27 bits per heavy atom. The zero-order valence-corrected chi connectivity index (χ0v) is 9.88. The van der Waals surface area contributed by atoms with E-state index in [9.17, 15) is 5.11 Å². The molecule has 0 radical (unpaired) electrons. The first-order valence-corrected chi connectivity index (χ1v) is 5.58. The van der Waals surface area contributed by atoms with Crippen molar-refractivity contribution in [2.24, 2.45) is 0 Å². The molecule has 0 saturated carbocycles. The molecule has 0 bridgehead atoms. The Labute approximate surface area is 92.3 Å². The average Bonchev–Trinajstić information content (AvgIpc) is 2.23. The van der Waals surface area contributed by atoms with Crippen LogP contribution in [0.3, 0.4) is 0 Å². The Morgan fingerprint density at radius 3 is 2.60 bits per heavy atom. The maximum absolute atomic E-state index is 9.37. The number of hydrogen-bond donors (Lipinski definition) is 2. The molecule has 1 aromatic carbocycles. The molecule has 1 unspecified atom stereocenters. The van der Waals surface area contributed by atoms with Crippen molar-refractivity contribution in [3.63, 3.8) is 0 Å². The first kappa shape index (κ1) is 12.2. The molecule has 0 heterocycles. The monoisotopic (exact) mass is 207 g/mol. The Balaban J connectivity index is 2.41. The standard InChI is InChI=1S/C13H21NO/c1-4-13(15)9-14-8-12-6-5-10(2)11(3)7-12/h5-7,13-15H,4,8-9H2,1-3H3. The van der Waals surface area contributed by atoms with Crippen LogP contribution >= 0.6 is 0 Å². The van der Waals surface area contributed by atoms with Crippen LogP contribution in [-0.2, 0) is 6.54 Å². The number of rotatable bonds is 5. The highest BCUT2D eigenvalue weighted by Crippen LogP contribution is 2.09. The van der Waals surface area contributed by atoms with Crippen molar-refractivity contribution >= 4 is 0 Å². The van der Waals surface area contributed by atoms with E-state index in [1.807, 2.05) is 6.92 Å². The molecule has 1 rings (SSSR count). The predicted octanol–water partition coefficient (Wildman–Crippen LogP) is 2.16. The lowest BCUT2D eigenvalue weighted by molar-refractivity contribution is 0.167. The second-order valence-electron chi connectivity index (χ2n) is 4.11. The molecule has 1 atom stereocenters. The number of aliphatic hydroxyl groups is 1. The highest BCUT2D eigenvalue weighted by atomic mass is 16.3. The van der Waals surface area contributed by atoms with Crippen LogP contribution in [0.4, 0.5) is 0 Å². The predicted molar refractivity (Wildman–Crippen MR) is 63.9 cm³/mol. The molecule has 0 fully saturated rings. The van der Waals surface area contributed by atoms with Crippen LogP contribution in [-0.4, -0.2) is 17.8 Å². The van der Waals surface area contributed by atoms with Gasteiger partial charge in [-0.2, -0.15) is 0 Å². The Hall–Kier alpha value is -0.860. The van der Waals surface area contributed by atoms with E-state index in [0.29, 0.717) is 6.54 Å². The van der Waals surface area contributed by atoms with Gasteiger partial charge in [0.05, 0.1) is 6.10 Å². The minimum absolute atomic E-state index is 0.225. The second-order valence-corrected chi connectivity index (χ2v) is 4.11. The highest BCUT2D eigenvalue weighted by molar-refractivity contribution is 5.29. The van der Waals surface area contributed by atoms with E-state index in [-0.39, 0.29) is 6.10 Å². The fourth-order valence-corrected chi connectivity index (χ4v) is 1.44. The third-order valence-electron chi connectivity index (χ3n) is 2.75.